The van der Waals surface area contributed by atoms with Crippen LogP contribution < -0.4 is 4.90 Å². The molecule has 2 fully saturated rings. The van der Waals surface area contributed by atoms with Gasteiger partial charge in [-0.25, -0.2) is 9.37 Å². The molecule has 1 aromatic heterocycles. The molecule has 120 valence electrons. The molecule has 2 heterocycles. The quantitative estimate of drug-likeness (QED) is 0.868. The van der Waals surface area contributed by atoms with E-state index in [4.69, 9.17) is 0 Å². The maximum atomic E-state index is 13.0. The molecule has 0 N–H and O–H groups in total. The molecule has 4 rings (SSSR count). The maximum Gasteiger partial charge on any atom is 0.226 e. The third-order valence-corrected chi connectivity index (χ3v) is 5.52. The lowest BCUT2D eigenvalue weighted by atomic mass is 10.1. The minimum Gasteiger partial charge on any atom is -0.345 e. The molecule has 1 amide bonds. The third kappa shape index (κ3) is 2.95. The van der Waals surface area contributed by atoms with Crippen LogP contribution in [0.5, 0.6) is 0 Å². The summed E-state index contributed by atoms with van der Waals surface area (Å²) in [7, 11) is 0. The minimum absolute atomic E-state index is 0.0758. The van der Waals surface area contributed by atoms with Crippen molar-refractivity contribution in [1.29, 1.82) is 0 Å². The van der Waals surface area contributed by atoms with E-state index in [0.29, 0.717) is 0 Å². The average molecular weight is 331 g/mol. The highest BCUT2D eigenvalue weighted by atomic mass is 32.1. The zero-order chi connectivity index (χ0) is 15.8. The lowest BCUT2D eigenvalue weighted by molar-refractivity contribution is -0.132. The fourth-order valence-electron chi connectivity index (χ4n) is 3.27. The number of aromatic nitrogens is 1. The maximum absolute atomic E-state index is 13.0. The van der Waals surface area contributed by atoms with Crippen LogP contribution in [0.15, 0.2) is 35.8 Å². The first kappa shape index (κ1) is 14.6. The first-order valence-corrected chi connectivity index (χ1v) is 8.79. The van der Waals surface area contributed by atoms with Crippen LogP contribution in [-0.4, -0.2) is 42.0 Å². The molecule has 1 saturated heterocycles. The highest BCUT2D eigenvalue weighted by Crippen LogP contribution is 2.48. The van der Waals surface area contributed by atoms with Crippen LogP contribution >= 0.6 is 11.3 Å². The summed E-state index contributed by atoms with van der Waals surface area (Å²) in [5, 5.41) is 3.01. The Hall–Kier alpha value is -1.95. The van der Waals surface area contributed by atoms with Gasteiger partial charge in [-0.15, -0.1) is 11.3 Å². The van der Waals surface area contributed by atoms with Crippen LogP contribution in [0.25, 0.3) is 0 Å². The lowest BCUT2D eigenvalue weighted by Crippen LogP contribution is -2.49. The highest BCUT2D eigenvalue weighted by molar-refractivity contribution is 7.13. The summed E-state index contributed by atoms with van der Waals surface area (Å²) in [5.74, 6) is 0.362. The topological polar surface area (TPSA) is 36.4 Å². The van der Waals surface area contributed by atoms with E-state index in [1.165, 1.54) is 12.1 Å². The van der Waals surface area contributed by atoms with Crippen LogP contribution in [0.1, 0.15) is 17.9 Å². The Labute approximate surface area is 138 Å². The fourth-order valence-corrected chi connectivity index (χ4v) is 3.97. The van der Waals surface area contributed by atoms with Crippen LogP contribution in [0.3, 0.4) is 0 Å². The van der Waals surface area contributed by atoms with Gasteiger partial charge in [0.15, 0.2) is 5.13 Å². The lowest BCUT2D eigenvalue weighted by Gasteiger charge is -2.34. The molecule has 6 heteroatoms. The van der Waals surface area contributed by atoms with Gasteiger partial charge in [0.1, 0.15) is 5.82 Å². The molecule has 0 bridgehead atoms. The minimum atomic E-state index is -0.226. The second kappa shape index (κ2) is 5.92. The molecule has 0 radical (unpaired) electrons. The van der Waals surface area contributed by atoms with Crippen LogP contribution in [0, 0.1) is 11.7 Å². The Morgan fingerprint density at radius 1 is 1.17 bits per heavy atom. The molecule has 2 unspecified atom stereocenters. The molecular formula is C17H18FN3OS. The van der Waals surface area contributed by atoms with Crippen molar-refractivity contribution < 1.29 is 9.18 Å². The second-order valence-corrected chi connectivity index (χ2v) is 7.00. The van der Waals surface area contributed by atoms with E-state index >= 15 is 0 Å². The molecule has 0 spiro atoms. The summed E-state index contributed by atoms with van der Waals surface area (Å²) in [5.41, 5.74) is 1.08. The molecule has 4 nitrogen and oxygen atoms in total. The molecule has 1 saturated carbocycles. The van der Waals surface area contributed by atoms with E-state index in [2.05, 4.69) is 9.88 Å². The zero-order valence-electron chi connectivity index (χ0n) is 12.7. The van der Waals surface area contributed by atoms with Gasteiger partial charge in [-0.1, -0.05) is 12.1 Å². The molecule has 23 heavy (non-hydrogen) atoms. The van der Waals surface area contributed by atoms with Crippen LogP contribution in [0.2, 0.25) is 0 Å². The van der Waals surface area contributed by atoms with E-state index in [-0.39, 0.29) is 23.6 Å². The number of halogens is 1. The van der Waals surface area contributed by atoms with Gasteiger partial charge in [0.05, 0.1) is 0 Å². The predicted octanol–water partition coefficient (Wildman–Crippen LogP) is 2.73. The van der Waals surface area contributed by atoms with Gasteiger partial charge in [0.25, 0.3) is 0 Å². The van der Waals surface area contributed by atoms with Crippen molar-refractivity contribution in [3.63, 3.8) is 0 Å². The van der Waals surface area contributed by atoms with Crippen molar-refractivity contribution >= 4 is 22.4 Å². The number of anilines is 1. The number of nitrogens with zero attached hydrogens (tertiary/aromatic N) is 3. The standard InChI is InChI=1S/C17H18FN3OS/c18-13-3-1-12(2-4-13)14-11-15(14)16(22)20-6-8-21(9-7-20)17-19-5-10-23-17/h1-5,10,14-15H,6-9,11H2. The van der Waals surface area contributed by atoms with Gasteiger partial charge >= 0.3 is 0 Å². The average Bonchev–Trinajstić information content (AvgIpc) is 3.19. The summed E-state index contributed by atoms with van der Waals surface area (Å²) in [6.07, 6.45) is 2.70. The number of amides is 1. The normalized spacial score (nSPS) is 23.9. The predicted molar refractivity (Wildman–Crippen MR) is 88.2 cm³/mol. The molecule has 2 aromatic rings. The van der Waals surface area contributed by atoms with Crippen molar-refractivity contribution in [3.05, 3.63) is 47.2 Å². The molecule has 2 atom stereocenters. The number of carbonyl (C=O) groups excluding carboxylic acids is 1. The van der Waals surface area contributed by atoms with E-state index in [1.54, 1.807) is 23.5 Å². The van der Waals surface area contributed by atoms with Crippen molar-refractivity contribution in [1.82, 2.24) is 9.88 Å². The van der Waals surface area contributed by atoms with Gasteiger partial charge in [0, 0.05) is 43.7 Å². The fraction of sp³-hybridized carbons (Fsp3) is 0.412. The van der Waals surface area contributed by atoms with Gasteiger partial charge in [-0.2, -0.15) is 0 Å². The van der Waals surface area contributed by atoms with Crippen LogP contribution in [-0.2, 0) is 4.79 Å². The van der Waals surface area contributed by atoms with Gasteiger partial charge in [-0.05, 0) is 30.0 Å². The van der Waals surface area contributed by atoms with Crippen molar-refractivity contribution in [2.75, 3.05) is 31.1 Å². The first-order chi connectivity index (χ1) is 11.2. The molecule has 1 aliphatic carbocycles. The van der Waals surface area contributed by atoms with Gasteiger partial charge in [0.2, 0.25) is 5.91 Å². The monoisotopic (exact) mass is 331 g/mol. The second-order valence-electron chi connectivity index (χ2n) is 6.13. The van der Waals surface area contributed by atoms with E-state index in [9.17, 15) is 9.18 Å². The van der Waals surface area contributed by atoms with E-state index in [1.807, 2.05) is 16.5 Å². The smallest absolute Gasteiger partial charge is 0.226 e. The Morgan fingerprint density at radius 2 is 1.91 bits per heavy atom. The van der Waals surface area contributed by atoms with Crippen molar-refractivity contribution in [3.8, 4) is 0 Å². The SMILES string of the molecule is O=C(C1CC1c1ccc(F)cc1)N1CCN(c2nccs2)CC1. The summed E-state index contributed by atoms with van der Waals surface area (Å²) in [6.45, 7) is 3.19. The van der Waals surface area contributed by atoms with Crippen molar-refractivity contribution in [2.24, 2.45) is 5.92 Å². The zero-order valence-corrected chi connectivity index (χ0v) is 13.5. The number of rotatable bonds is 3. The van der Waals surface area contributed by atoms with Crippen molar-refractivity contribution in [2.45, 2.75) is 12.3 Å². The first-order valence-electron chi connectivity index (χ1n) is 7.91. The summed E-state index contributed by atoms with van der Waals surface area (Å²) >= 11 is 1.64. The van der Waals surface area contributed by atoms with Gasteiger partial charge in [-0.3, -0.25) is 4.79 Å². The Kier molecular flexibility index (Phi) is 3.77. The molecule has 1 aromatic carbocycles. The number of carbonyl (C=O) groups is 1. The number of hydrogen-bond donors (Lipinski definition) is 0. The third-order valence-electron chi connectivity index (χ3n) is 4.69. The molecular weight excluding hydrogens is 313 g/mol. The number of thiazole rings is 1. The van der Waals surface area contributed by atoms with Crippen LogP contribution in [0.4, 0.5) is 9.52 Å². The summed E-state index contributed by atoms with van der Waals surface area (Å²) in [6, 6.07) is 6.55. The summed E-state index contributed by atoms with van der Waals surface area (Å²) < 4.78 is 13.0. The Bertz CT molecular complexity index is 680. The number of hydrogen-bond acceptors (Lipinski definition) is 4. The van der Waals surface area contributed by atoms with Gasteiger partial charge < -0.3 is 9.80 Å². The van der Waals surface area contributed by atoms with E-state index in [0.717, 1.165) is 43.3 Å². The summed E-state index contributed by atoms with van der Waals surface area (Å²) in [4.78, 5) is 21.2. The number of benzene rings is 1. The Morgan fingerprint density at radius 3 is 2.57 bits per heavy atom. The molecule has 2 aliphatic rings. The number of piperazine rings is 1. The Balaban J connectivity index is 1.33. The molecule has 1 aliphatic heterocycles. The van der Waals surface area contributed by atoms with E-state index < -0.39 is 0 Å². The highest BCUT2D eigenvalue weighted by Gasteiger charge is 2.46. The largest absolute Gasteiger partial charge is 0.345 e.